The molecule has 0 amide bonds. The molecule has 0 aromatic heterocycles. The maximum Gasteiger partial charge on any atom is 0.309 e. The van der Waals surface area contributed by atoms with Gasteiger partial charge in [0.05, 0.1) is 23.5 Å². The standard InChI is InChI=1S/C46H65ClINO6/c1-26(2)37-30(50)22-45(34(51)25-49-46(23-33(46)48)27-10-12-28(47)13-11-27)21-20-43(8)29(38(37)45)14-15-32-42(7)18-17-35(55-36(52)24-40(3,4)39(53)54)41(5,6)31(42)16-19-44(32,43)9/h10-13,26,29,31-35,49,51H,14-25H2,1-9H3,(H,53,54)/t29-,31+,32-,33?,34-,35+,42+,43-,44-,45+,46?/m1/s1. The topological polar surface area (TPSA) is 113 Å². The summed E-state index contributed by atoms with van der Waals surface area (Å²) < 4.78 is 6.60. The molecule has 0 saturated heterocycles. The molecule has 2 unspecified atom stereocenters. The van der Waals surface area contributed by atoms with Crippen molar-refractivity contribution >= 4 is 51.9 Å². The molecular formula is C46H65ClINO6. The van der Waals surface area contributed by atoms with Gasteiger partial charge in [-0.1, -0.05) is 100 Å². The number of ether oxygens (including phenoxy) is 1. The highest BCUT2D eigenvalue weighted by atomic mass is 127. The van der Waals surface area contributed by atoms with E-state index in [9.17, 15) is 24.6 Å². The number of carbonyl (C=O) groups excluding carboxylic acids is 2. The minimum absolute atomic E-state index is 0.0230. The summed E-state index contributed by atoms with van der Waals surface area (Å²) >= 11 is 8.77. The predicted octanol–water partition coefficient (Wildman–Crippen LogP) is 10.1. The van der Waals surface area contributed by atoms with Gasteiger partial charge < -0.3 is 20.3 Å². The van der Waals surface area contributed by atoms with E-state index < -0.39 is 28.9 Å². The number of benzene rings is 1. The number of aliphatic hydroxyl groups is 1. The number of carbonyl (C=O) groups is 3. The number of aliphatic carboxylic acids is 1. The molecular weight excluding hydrogens is 825 g/mol. The molecule has 3 N–H and O–H groups in total. The summed E-state index contributed by atoms with van der Waals surface area (Å²) in [5.74, 6) is 0.0239. The zero-order valence-corrected chi connectivity index (χ0v) is 37.5. The molecule has 1 aromatic carbocycles. The van der Waals surface area contributed by atoms with Gasteiger partial charge in [0.15, 0.2) is 5.78 Å². The normalized spacial score (nSPS) is 41.2. The Balaban J connectivity index is 1.15. The smallest absolute Gasteiger partial charge is 0.309 e. The monoisotopic (exact) mass is 889 g/mol. The Morgan fingerprint density at radius 1 is 0.964 bits per heavy atom. The first-order valence-electron chi connectivity index (χ1n) is 21.0. The van der Waals surface area contributed by atoms with Crippen LogP contribution in [0.25, 0.3) is 0 Å². The lowest BCUT2D eigenvalue weighted by Crippen LogP contribution is -2.66. The lowest BCUT2D eigenvalue weighted by Gasteiger charge is -2.72. The summed E-state index contributed by atoms with van der Waals surface area (Å²) in [5.41, 5.74) is 1.41. The first-order valence-corrected chi connectivity index (χ1v) is 22.7. The lowest BCUT2D eigenvalue weighted by atomic mass is 9.33. The van der Waals surface area contributed by atoms with E-state index in [1.165, 1.54) is 11.1 Å². The molecule has 304 valence electrons. The maximum absolute atomic E-state index is 14.2. The summed E-state index contributed by atoms with van der Waals surface area (Å²) in [6.45, 7) is 20.1. The Labute approximate surface area is 348 Å². The molecule has 0 aliphatic heterocycles. The summed E-state index contributed by atoms with van der Waals surface area (Å²) in [5, 5.41) is 26.7. The van der Waals surface area contributed by atoms with Gasteiger partial charge in [0.1, 0.15) is 6.10 Å². The molecule has 0 radical (unpaired) electrons. The molecule has 0 spiro atoms. The predicted molar refractivity (Wildman–Crippen MR) is 225 cm³/mol. The van der Waals surface area contributed by atoms with Crippen LogP contribution in [0, 0.1) is 56.2 Å². The van der Waals surface area contributed by atoms with E-state index in [-0.39, 0.29) is 57.3 Å². The number of allylic oxidation sites excluding steroid dienone is 1. The number of alkyl halides is 1. The fraction of sp³-hybridized carbons (Fsp3) is 0.761. The second-order valence-corrected chi connectivity index (χ2v) is 23.0. The van der Waals surface area contributed by atoms with Gasteiger partial charge >= 0.3 is 11.9 Å². The number of hydrogen-bond donors (Lipinski definition) is 3. The Morgan fingerprint density at radius 3 is 2.22 bits per heavy atom. The average molecular weight is 890 g/mol. The van der Waals surface area contributed by atoms with Crippen LogP contribution in [0.2, 0.25) is 5.02 Å². The van der Waals surface area contributed by atoms with Crippen LogP contribution in [0.4, 0.5) is 0 Å². The van der Waals surface area contributed by atoms with Gasteiger partial charge in [0, 0.05) is 32.7 Å². The van der Waals surface area contributed by atoms with Crippen LogP contribution in [0.15, 0.2) is 35.4 Å². The van der Waals surface area contributed by atoms with Crippen molar-refractivity contribution < 1.29 is 29.3 Å². The van der Waals surface area contributed by atoms with E-state index >= 15 is 0 Å². The van der Waals surface area contributed by atoms with E-state index in [4.69, 9.17) is 16.3 Å². The molecule has 11 atom stereocenters. The molecule has 0 bridgehead atoms. The quantitative estimate of drug-likeness (QED) is 0.122. The van der Waals surface area contributed by atoms with E-state index in [0.29, 0.717) is 28.7 Å². The second-order valence-electron chi connectivity index (χ2n) is 21.1. The summed E-state index contributed by atoms with van der Waals surface area (Å²) in [7, 11) is 0. The van der Waals surface area contributed by atoms with Crippen molar-refractivity contribution in [3.05, 3.63) is 46.0 Å². The number of halogens is 2. The summed E-state index contributed by atoms with van der Waals surface area (Å²) in [6.07, 6.45) is 8.15. The number of rotatable bonds is 10. The van der Waals surface area contributed by atoms with E-state index in [1.54, 1.807) is 13.8 Å². The van der Waals surface area contributed by atoms with Crippen molar-refractivity contribution in [3.63, 3.8) is 0 Å². The lowest BCUT2D eigenvalue weighted by molar-refractivity contribution is -0.235. The molecule has 1 aromatic rings. The Morgan fingerprint density at radius 2 is 1.62 bits per heavy atom. The van der Waals surface area contributed by atoms with Gasteiger partial charge in [-0.05, 0) is 135 Å². The molecule has 9 heteroatoms. The van der Waals surface area contributed by atoms with Gasteiger partial charge in [-0.25, -0.2) is 0 Å². The van der Waals surface area contributed by atoms with Gasteiger partial charge in [-0.2, -0.15) is 0 Å². The number of aliphatic hydroxyl groups excluding tert-OH is 1. The average Bonchev–Trinajstić information content (AvgIpc) is 3.64. The van der Waals surface area contributed by atoms with Crippen molar-refractivity contribution in [2.45, 2.75) is 155 Å². The molecule has 55 heavy (non-hydrogen) atoms. The Hall–Kier alpha value is -1.49. The van der Waals surface area contributed by atoms with E-state index in [2.05, 4.69) is 88.5 Å². The molecule has 7 rings (SSSR count). The third-order valence-corrected chi connectivity index (χ3v) is 19.1. The number of esters is 1. The van der Waals surface area contributed by atoms with E-state index in [0.717, 1.165) is 68.4 Å². The number of Topliss-reactive ketones (excluding diaryl/α,β-unsaturated/α-hetero) is 1. The van der Waals surface area contributed by atoms with Crippen LogP contribution in [0.3, 0.4) is 0 Å². The van der Waals surface area contributed by atoms with Crippen LogP contribution in [-0.4, -0.2) is 50.6 Å². The second kappa shape index (κ2) is 13.8. The first-order chi connectivity index (χ1) is 25.5. The number of fused-ring (bicyclic) bond motifs is 7. The van der Waals surface area contributed by atoms with Crippen molar-refractivity contribution in [3.8, 4) is 0 Å². The fourth-order valence-electron chi connectivity index (χ4n) is 13.9. The third kappa shape index (κ3) is 6.24. The number of carboxylic acid groups (broad SMARTS) is 1. The highest BCUT2D eigenvalue weighted by molar-refractivity contribution is 14.1. The number of carboxylic acids is 1. The van der Waals surface area contributed by atoms with Crippen molar-refractivity contribution in [1.29, 1.82) is 0 Å². The maximum atomic E-state index is 14.2. The number of hydrogen-bond acceptors (Lipinski definition) is 6. The SMILES string of the molecule is CC(C)C1=C2[C@H]3CC[C@@H]4[C@@]5(C)CC[C@H](OC(=O)CC(C)(C)C(=O)O)C(C)(C)[C@@H]5CC[C@@]4(C)[C@]3(C)CC[C@@]2([C@H](O)CNC2(c3ccc(Cl)cc3)CC2I)CC1=O. The van der Waals surface area contributed by atoms with Gasteiger partial charge in [0.2, 0.25) is 0 Å². The van der Waals surface area contributed by atoms with Crippen LogP contribution in [-0.2, 0) is 24.7 Å². The van der Waals surface area contributed by atoms with Crippen molar-refractivity contribution in [1.82, 2.24) is 5.32 Å². The van der Waals surface area contributed by atoms with E-state index in [1.807, 2.05) is 12.1 Å². The zero-order chi connectivity index (χ0) is 40.3. The van der Waals surface area contributed by atoms with Crippen LogP contribution in [0.1, 0.15) is 139 Å². The molecule has 6 aliphatic rings. The Bertz CT molecular complexity index is 1770. The van der Waals surface area contributed by atoms with Crippen LogP contribution < -0.4 is 5.32 Å². The van der Waals surface area contributed by atoms with Gasteiger partial charge in [-0.15, -0.1) is 0 Å². The number of nitrogens with one attached hydrogen (secondary N) is 1. The number of ketones is 1. The molecule has 0 heterocycles. The minimum atomic E-state index is -1.17. The fourth-order valence-corrected chi connectivity index (χ4v) is 15.3. The van der Waals surface area contributed by atoms with Crippen molar-refractivity contribution in [2.24, 2.45) is 56.2 Å². The minimum Gasteiger partial charge on any atom is -0.481 e. The van der Waals surface area contributed by atoms with Gasteiger partial charge in [-0.3, -0.25) is 14.4 Å². The first kappa shape index (κ1) is 41.7. The summed E-state index contributed by atoms with van der Waals surface area (Å²) in [4.78, 5) is 39.1. The molecule has 5 saturated carbocycles. The molecule has 7 nitrogen and oxygen atoms in total. The largest absolute Gasteiger partial charge is 0.481 e. The highest BCUT2D eigenvalue weighted by Crippen LogP contribution is 2.77. The molecule has 6 aliphatic carbocycles. The third-order valence-electron chi connectivity index (χ3n) is 17.3. The zero-order valence-electron chi connectivity index (χ0n) is 34.6. The van der Waals surface area contributed by atoms with Crippen molar-refractivity contribution in [2.75, 3.05) is 6.54 Å². The summed E-state index contributed by atoms with van der Waals surface area (Å²) in [6, 6.07) is 8.10. The van der Waals surface area contributed by atoms with Crippen LogP contribution in [0.5, 0.6) is 0 Å². The highest BCUT2D eigenvalue weighted by Gasteiger charge is 2.71. The Kier molecular flexibility index (Phi) is 10.4. The van der Waals surface area contributed by atoms with Gasteiger partial charge in [0.25, 0.3) is 0 Å². The molecule has 5 fully saturated rings. The van der Waals surface area contributed by atoms with Crippen LogP contribution >= 0.6 is 34.2 Å².